The molecular formula is C11H14N3OP. The first-order chi connectivity index (χ1) is 7.74. The summed E-state index contributed by atoms with van der Waals surface area (Å²) in [6, 6.07) is 3.96. The van der Waals surface area contributed by atoms with Crippen molar-refractivity contribution in [1.29, 1.82) is 0 Å². The largest absolute Gasteiger partial charge is 0.440 e. The van der Waals surface area contributed by atoms with E-state index < -0.39 is 0 Å². The zero-order valence-electron chi connectivity index (χ0n) is 9.37. The number of imidazole rings is 1. The Morgan fingerprint density at radius 2 is 2.38 bits per heavy atom. The number of aromatic amines is 1. The Morgan fingerprint density at radius 1 is 1.56 bits per heavy atom. The molecule has 1 aromatic heterocycles. The van der Waals surface area contributed by atoms with Gasteiger partial charge in [-0.3, -0.25) is 0 Å². The van der Waals surface area contributed by atoms with Gasteiger partial charge < -0.3 is 14.8 Å². The van der Waals surface area contributed by atoms with Crippen LogP contribution in [0.15, 0.2) is 12.1 Å². The Morgan fingerprint density at radius 3 is 3.06 bits per heavy atom. The highest BCUT2D eigenvalue weighted by Gasteiger charge is 2.06. The Balaban J connectivity index is 2.47. The van der Waals surface area contributed by atoms with Crippen LogP contribution in [0.3, 0.4) is 0 Å². The van der Waals surface area contributed by atoms with Gasteiger partial charge in [-0.25, -0.2) is 4.98 Å². The van der Waals surface area contributed by atoms with Crippen molar-refractivity contribution in [2.24, 2.45) is 0 Å². The molecule has 0 unspecified atom stereocenters. The topological polar surface area (TPSA) is 49.9 Å². The summed E-state index contributed by atoms with van der Waals surface area (Å²) in [7, 11) is 0.649. The van der Waals surface area contributed by atoms with E-state index in [2.05, 4.69) is 21.6 Å². The van der Waals surface area contributed by atoms with Crippen LogP contribution in [0.2, 0.25) is 0 Å². The number of fused-ring (bicyclic) bond motifs is 1. The second kappa shape index (κ2) is 4.54. The SMILES string of the molecule is C=POc1cc2nc(NCC)[nH]c2cc1C. The molecule has 2 aromatic rings. The maximum absolute atomic E-state index is 5.40. The first-order valence-electron chi connectivity index (χ1n) is 5.12. The molecule has 5 heteroatoms. The molecule has 0 saturated heterocycles. The van der Waals surface area contributed by atoms with Gasteiger partial charge >= 0.3 is 0 Å². The smallest absolute Gasteiger partial charge is 0.201 e. The van der Waals surface area contributed by atoms with Gasteiger partial charge in [0.1, 0.15) is 14.2 Å². The summed E-state index contributed by atoms with van der Waals surface area (Å²) in [4.78, 5) is 7.63. The third-order valence-electron chi connectivity index (χ3n) is 2.29. The highest BCUT2D eigenvalue weighted by atomic mass is 31.1. The van der Waals surface area contributed by atoms with Crippen LogP contribution in [0, 0.1) is 6.92 Å². The van der Waals surface area contributed by atoms with Crippen molar-refractivity contribution >= 4 is 31.7 Å². The summed E-state index contributed by atoms with van der Waals surface area (Å²) >= 11 is 0. The Hall–Kier alpha value is -1.54. The van der Waals surface area contributed by atoms with Crippen LogP contribution < -0.4 is 9.84 Å². The van der Waals surface area contributed by atoms with Crippen LogP contribution in [0.25, 0.3) is 11.0 Å². The van der Waals surface area contributed by atoms with E-state index in [1.165, 1.54) is 0 Å². The zero-order chi connectivity index (χ0) is 11.5. The quantitative estimate of drug-likeness (QED) is 0.801. The van der Waals surface area contributed by atoms with E-state index in [1.807, 2.05) is 26.0 Å². The van der Waals surface area contributed by atoms with Crippen LogP contribution >= 0.6 is 8.43 Å². The number of rotatable bonds is 4. The Kier molecular flexibility index (Phi) is 3.11. The molecule has 0 atom stereocenters. The third-order valence-corrected chi connectivity index (χ3v) is 2.61. The first-order valence-corrected chi connectivity index (χ1v) is 6.11. The fourth-order valence-corrected chi connectivity index (χ4v) is 1.90. The van der Waals surface area contributed by atoms with Crippen LogP contribution in [0.5, 0.6) is 5.75 Å². The van der Waals surface area contributed by atoms with Crippen molar-refractivity contribution in [3.8, 4) is 5.75 Å². The van der Waals surface area contributed by atoms with E-state index in [1.54, 1.807) is 0 Å². The molecule has 16 heavy (non-hydrogen) atoms. The molecule has 4 nitrogen and oxygen atoms in total. The maximum Gasteiger partial charge on any atom is 0.201 e. The highest BCUT2D eigenvalue weighted by Crippen LogP contribution is 2.26. The van der Waals surface area contributed by atoms with Crippen molar-refractivity contribution in [3.63, 3.8) is 0 Å². The average molecular weight is 235 g/mol. The summed E-state index contributed by atoms with van der Waals surface area (Å²) in [5.74, 6) is 1.62. The normalized spacial score (nSPS) is 10.9. The second-order valence-electron chi connectivity index (χ2n) is 3.47. The average Bonchev–Trinajstić information content (AvgIpc) is 2.61. The van der Waals surface area contributed by atoms with E-state index in [4.69, 9.17) is 4.52 Å². The lowest BCUT2D eigenvalue weighted by Gasteiger charge is -2.02. The van der Waals surface area contributed by atoms with E-state index in [0.717, 1.165) is 34.8 Å². The molecule has 0 aliphatic heterocycles. The minimum Gasteiger partial charge on any atom is -0.440 e. The number of anilines is 1. The zero-order valence-corrected chi connectivity index (χ0v) is 10.3. The minimum absolute atomic E-state index is 0.649. The van der Waals surface area contributed by atoms with Crippen LogP contribution in [-0.4, -0.2) is 22.8 Å². The Bertz CT molecular complexity index is 521. The fraction of sp³-hybridized carbons (Fsp3) is 0.273. The van der Waals surface area contributed by atoms with Crippen LogP contribution in [0.1, 0.15) is 12.5 Å². The number of hydrogen-bond acceptors (Lipinski definition) is 3. The van der Waals surface area contributed by atoms with Gasteiger partial charge in [0, 0.05) is 12.6 Å². The molecule has 0 saturated carbocycles. The lowest BCUT2D eigenvalue weighted by molar-refractivity contribution is 0.638. The summed E-state index contributed by atoms with van der Waals surface area (Å²) < 4.78 is 5.40. The second-order valence-corrected chi connectivity index (χ2v) is 3.91. The lowest BCUT2D eigenvalue weighted by Crippen LogP contribution is -1.97. The first kappa shape index (κ1) is 11.0. The molecule has 84 valence electrons. The van der Waals surface area contributed by atoms with E-state index in [0.29, 0.717) is 8.43 Å². The summed E-state index contributed by atoms with van der Waals surface area (Å²) in [6.07, 6.45) is 3.65. The number of aryl methyl sites for hydroxylation is 1. The van der Waals surface area contributed by atoms with Gasteiger partial charge in [-0.1, -0.05) is 0 Å². The summed E-state index contributed by atoms with van der Waals surface area (Å²) in [6.45, 7) is 4.89. The van der Waals surface area contributed by atoms with Crippen molar-refractivity contribution in [3.05, 3.63) is 17.7 Å². The fourth-order valence-electron chi connectivity index (χ4n) is 1.56. The molecule has 0 amide bonds. The predicted octanol–water partition coefficient (Wildman–Crippen LogP) is 2.98. The number of nitrogens with zero attached hydrogens (tertiary/aromatic N) is 1. The number of hydrogen-bond donors (Lipinski definition) is 2. The molecule has 1 aromatic carbocycles. The number of H-pyrrole nitrogens is 1. The van der Waals surface area contributed by atoms with Crippen molar-refractivity contribution < 1.29 is 4.52 Å². The molecule has 0 radical (unpaired) electrons. The number of benzene rings is 1. The van der Waals surface area contributed by atoms with Crippen molar-refractivity contribution in [2.75, 3.05) is 11.9 Å². The maximum atomic E-state index is 5.40. The van der Waals surface area contributed by atoms with Gasteiger partial charge in [0.25, 0.3) is 0 Å². The number of nitrogens with one attached hydrogen (secondary N) is 2. The summed E-state index contributed by atoms with van der Waals surface area (Å²) in [5.41, 5.74) is 3.00. The van der Waals surface area contributed by atoms with Gasteiger partial charge in [-0.05, 0) is 31.8 Å². The van der Waals surface area contributed by atoms with Gasteiger partial charge in [0.15, 0.2) is 0 Å². The summed E-state index contributed by atoms with van der Waals surface area (Å²) in [5, 5.41) is 3.15. The van der Waals surface area contributed by atoms with Crippen molar-refractivity contribution in [2.45, 2.75) is 13.8 Å². The lowest BCUT2D eigenvalue weighted by atomic mass is 10.2. The van der Waals surface area contributed by atoms with Gasteiger partial charge in [0.2, 0.25) is 5.95 Å². The minimum atomic E-state index is 0.649. The molecule has 2 rings (SSSR count). The molecule has 1 heterocycles. The predicted molar refractivity (Wildman–Crippen MR) is 69.7 cm³/mol. The van der Waals surface area contributed by atoms with E-state index in [9.17, 15) is 0 Å². The standard InChI is InChI=1S/C11H14N3OP/c1-4-12-11-13-8-5-7(2)10(15-16-3)6-9(8)14-11/h5-6H,3-4H2,1-2H3,(H2,12,13,14). The molecule has 0 bridgehead atoms. The van der Waals surface area contributed by atoms with Gasteiger partial charge in [-0.2, -0.15) is 0 Å². The highest BCUT2D eigenvalue weighted by molar-refractivity contribution is 7.31. The third kappa shape index (κ3) is 2.02. The van der Waals surface area contributed by atoms with Crippen LogP contribution in [0.4, 0.5) is 5.95 Å². The Labute approximate surface area is 95.9 Å². The molecule has 2 N–H and O–H groups in total. The molecule has 0 spiro atoms. The monoisotopic (exact) mass is 235 g/mol. The van der Waals surface area contributed by atoms with Crippen LogP contribution in [-0.2, 0) is 0 Å². The number of aromatic nitrogens is 2. The van der Waals surface area contributed by atoms with E-state index >= 15 is 0 Å². The van der Waals surface area contributed by atoms with Gasteiger partial charge in [0.05, 0.1) is 11.0 Å². The molecule has 0 fully saturated rings. The molecular weight excluding hydrogens is 221 g/mol. The van der Waals surface area contributed by atoms with Crippen molar-refractivity contribution in [1.82, 2.24) is 9.97 Å². The molecule has 0 aliphatic carbocycles. The van der Waals surface area contributed by atoms with Gasteiger partial charge in [-0.15, -0.1) is 0 Å². The van der Waals surface area contributed by atoms with E-state index in [-0.39, 0.29) is 0 Å². The molecule has 0 aliphatic rings.